The van der Waals surface area contributed by atoms with Gasteiger partial charge < -0.3 is 10.2 Å². The summed E-state index contributed by atoms with van der Waals surface area (Å²) in [5, 5.41) is 19.4. The molecule has 1 aromatic rings. The van der Waals surface area contributed by atoms with Gasteiger partial charge in [0, 0.05) is 5.56 Å². The zero-order valence-electron chi connectivity index (χ0n) is 10.3. The highest BCUT2D eigenvalue weighted by Crippen LogP contribution is 2.48. The lowest BCUT2D eigenvalue weighted by molar-refractivity contribution is -0.144. The third kappa shape index (κ3) is 2.39. The minimum atomic E-state index is -4.59. The Morgan fingerprint density at radius 1 is 1.25 bits per heavy atom. The van der Waals surface area contributed by atoms with Crippen LogP contribution in [0.4, 0.5) is 13.2 Å². The molecule has 0 atom stereocenters. The van der Waals surface area contributed by atoms with Gasteiger partial charge in [-0.2, -0.15) is 13.2 Å². The first-order valence-electron chi connectivity index (χ1n) is 6.02. The van der Waals surface area contributed by atoms with E-state index in [1.807, 2.05) is 0 Å². The maximum atomic E-state index is 12.8. The molecule has 0 unspecified atom stereocenters. The second kappa shape index (κ2) is 4.95. The largest absolute Gasteiger partial charge is 0.506 e. The minimum Gasteiger partial charge on any atom is -0.506 e. The smallest absolute Gasteiger partial charge is 0.416 e. The van der Waals surface area contributed by atoms with Gasteiger partial charge in [-0.1, -0.05) is 12.8 Å². The quantitative estimate of drug-likeness (QED) is 0.843. The van der Waals surface area contributed by atoms with Gasteiger partial charge in [0.1, 0.15) is 5.75 Å². The number of carbonyl (C=O) groups is 1. The SMILES string of the molecule is O=C(O)C1(c2cc(C(F)(F)F)cc(Br)c2O)CCCC1. The Kier molecular flexibility index (Phi) is 3.75. The van der Waals surface area contributed by atoms with Crippen LogP contribution in [0.5, 0.6) is 5.75 Å². The van der Waals surface area contributed by atoms with Gasteiger partial charge >= 0.3 is 12.1 Å². The van der Waals surface area contributed by atoms with Gasteiger partial charge in [-0.3, -0.25) is 4.79 Å². The number of aliphatic carboxylic acids is 1. The van der Waals surface area contributed by atoms with E-state index in [2.05, 4.69) is 15.9 Å². The number of benzene rings is 1. The Labute approximate surface area is 121 Å². The predicted octanol–water partition coefficient (Wildman–Crippen LogP) is 4.07. The summed E-state index contributed by atoms with van der Waals surface area (Å²) in [5.74, 6) is -1.63. The molecule has 0 heterocycles. The molecule has 2 N–H and O–H groups in total. The van der Waals surface area contributed by atoms with Crippen LogP contribution in [-0.4, -0.2) is 16.2 Å². The van der Waals surface area contributed by atoms with E-state index >= 15 is 0 Å². The number of hydrogen-bond donors (Lipinski definition) is 2. The summed E-state index contributed by atoms with van der Waals surface area (Å²) in [5.41, 5.74) is -2.57. The average Bonchev–Trinajstić information content (AvgIpc) is 2.81. The van der Waals surface area contributed by atoms with E-state index in [0.717, 1.165) is 12.1 Å². The third-order valence-electron chi connectivity index (χ3n) is 3.77. The van der Waals surface area contributed by atoms with Crippen molar-refractivity contribution in [3.63, 3.8) is 0 Å². The van der Waals surface area contributed by atoms with Crippen LogP contribution in [0.25, 0.3) is 0 Å². The third-order valence-corrected chi connectivity index (χ3v) is 4.38. The van der Waals surface area contributed by atoms with Crippen LogP contribution in [-0.2, 0) is 16.4 Å². The molecule has 0 amide bonds. The van der Waals surface area contributed by atoms with Gasteiger partial charge in [0.2, 0.25) is 0 Å². The first-order valence-corrected chi connectivity index (χ1v) is 6.81. The number of carboxylic acids is 1. The van der Waals surface area contributed by atoms with Crippen molar-refractivity contribution in [2.45, 2.75) is 37.3 Å². The van der Waals surface area contributed by atoms with Crippen molar-refractivity contribution >= 4 is 21.9 Å². The molecule has 0 saturated heterocycles. The predicted molar refractivity (Wildman–Crippen MR) is 68.6 cm³/mol. The topological polar surface area (TPSA) is 57.5 Å². The van der Waals surface area contributed by atoms with Crippen LogP contribution in [0.15, 0.2) is 16.6 Å². The normalized spacial score (nSPS) is 18.2. The maximum Gasteiger partial charge on any atom is 0.416 e. The standard InChI is InChI=1S/C13H12BrF3O3/c14-9-6-7(13(15,16)17)5-8(10(9)18)12(11(19)20)3-1-2-4-12/h5-6,18H,1-4H2,(H,19,20). The first-order chi connectivity index (χ1) is 9.18. The molecule has 110 valence electrons. The highest BCUT2D eigenvalue weighted by Gasteiger charge is 2.46. The summed E-state index contributed by atoms with van der Waals surface area (Å²) in [4.78, 5) is 11.5. The fourth-order valence-corrected chi connectivity index (χ4v) is 3.16. The van der Waals surface area contributed by atoms with Crippen LogP contribution in [0.3, 0.4) is 0 Å². The second-order valence-electron chi connectivity index (χ2n) is 4.95. The molecule has 1 aliphatic carbocycles. The molecule has 1 aliphatic rings. The van der Waals surface area contributed by atoms with E-state index in [1.54, 1.807) is 0 Å². The molecular weight excluding hydrogens is 341 g/mol. The van der Waals surface area contributed by atoms with Crippen LogP contribution in [0.2, 0.25) is 0 Å². The summed E-state index contributed by atoms with van der Waals surface area (Å²) in [7, 11) is 0. The number of halogens is 4. The molecule has 0 spiro atoms. The molecule has 1 fully saturated rings. The first kappa shape index (κ1) is 15.2. The molecule has 2 rings (SSSR count). The van der Waals surface area contributed by atoms with E-state index in [1.165, 1.54) is 0 Å². The average molecular weight is 353 g/mol. The fourth-order valence-electron chi connectivity index (χ4n) is 2.70. The van der Waals surface area contributed by atoms with Crippen molar-refractivity contribution in [3.8, 4) is 5.75 Å². The van der Waals surface area contributed by atoms with Gasteiger partial charge in [-0.15, -0.1) is 0 Å². The van der Waals surface area contributed by atoms with Gasteiger partial charge in [0.05, 0.1) is 15.5 Å². The van der Waals surface area contributed by atoms with E-state index in [9.17, 15) is 28.2 Å². The number of hydrogen-bond acceptors (Lipinski definition) is 2. The highest BCUT2D eigenvalue weighted by molar-refractivity contribution is 9.10. The lowest BCUT2D eigenvalue weighted by Gasteiger charge is -2.26. The van der Waals surface area contributed by atoms with Crippen molar-refractivity contribution < 1.29 is 28.2 Å². The van der Waals surface area contributed by atoms with Crippen molar-refractivity contribution in [2.75, 3.05) is 0 Å². The van der Waals surface area contributed by atoms with Gasteiger partial charge in [0.25, 0.3) is 0 Å². The maximum absolute atomic E-state index is 12.8. The van der Waals surface area contributed by atoms with Crippen molar-refractivity contribution in [2.24, 2.45) is 0 Å². The van der Waals surface area contributed by atoms with Crippen LogP contribution >= 0.6 is 15.9 Å². The van der Waals surface area contributed by atoms with Gasteiger partial charge in [-0.25, -0.2) is 0 Å². The lowest BCUT2D eigenvalue weighted by Crippen LogP contribution is -2.33. The lowest BCUT2D eigenvalue weighted by atomic mass is 9.78. The van der Waals surface area contributed by atoms with E-state index in [4.69, 9.17) is 0 Å². The van der Waals surface area contributed by atoms with E-state index < -0.39 is 28.9 Å². The van der Waals surface area contributed by atoms with Gasteiger partial charge in [0.15, 0.2) is 0 Å². The Bertz CT molecular complexity index is 549. The summed E-state index contributed by atoms with van der Waals surface area (Å²) in [6.07, 6.45) is -2.92. The van der Waals surface area contributed by atoms with Crippen LogP contribution in [0, 0.1) is 0 Å². The summed E-state index contributed by atoms with van der Waals surface area (Å²) in [6, 6.07) is 1.50. The van der Waals surface area contributed by atoms with Crippen LogP contribution in [0.1, 0.15) is 36.8 Å². The molecule has 1 saturated carbocycles. The summed E-state index contributed by atoms with van der Waals surface area (Å²) >= 11 is 2.87. The Balaban J connectivity index is 2.66. The van der Waals surface area contributed by atoms with Crippen molar-refractivity contribution in [1.29, 1.82) is 0 Å². The molecule has 3 nitrogen and oxygen atoms in total. The molecule has 0 aliphatic heterocycles. The second-order valence-corrected chi connectivity index (χ2v) is 5.80. The molecular formula is C13H12BrF3O3. The molecule has 0 radical (unpaired) electrons. The van der Waals surface area contributed by atoms with Gasteiger partial charge in [-0.05, 0) is 40.9 Å². The number of phenolic OH excluding ortho intramolecular Hbond substituents is 1. The van der Waals surface area contributed by atoms with Crippen molar-refractivity contribution in [1.82, 2.24) is 0 Å². The molecule has 1 aromatic carbocycles. The number of rotatable bonds is 2. The molecule has 0 bridgehead atoms. The number of carboxylic acid groups (broad SMARTS) is 1. The Morgan fingerprint density at radius 2 is 1.80 bits per heavy atom. The molecule has 0 aromatic heterocycles. The number of aromatic hydroxyl groups is 1. The molecule has 20 heavy (non-hydrogen) atoms. The highest BCUT2D eigenvalue weighted by atomic mass is 79.9. The van der Waals surface area contributed by atoms with E-state index in [0.29, 0.717) is 12.8 Å². The summed E-state index contributed by atoms with van der Waals surface area (Å²) in [6.45, 7) is 0. The Hall–Kier alpha value is -1.24. The number of phenols is 1. The zero-order valence-corrected chi connectivity index (χ0v) is 11.9. The molecule has 7 heteroatoms. The zero-order chi connectivity index (χ0) is 15.1. The van der Waals surface area contributed by atoms with Crippen LogP contribution < -0.4 is 0 Å². The van der Waals surface area contributed by atoms with E-state index in [-0.39, 0.29) is 22.9 Å². The number of alkyl halides is 3. The minimum absolute atomic E-state index is 0.144. The Morgan fingerprint density at radius 3 is 2.25 bits per heavy atom. The van der Waals surface area contributed by atoms with Crippen molar-refractivity contribution in [3.05, 3.63) is 27.7 Å². The monoisotopic (exact) mass is 352 g/mol. The fraction of sp³-hybridized carbons (Fsp3) is 0.462. The summed E-state index contributed by atoms with van der Waals surface area (Å²) < 4.78 is 38.4.